The predicted octanol–water partition coefficient (Wildman–Crippen LogP) is 1.87. The van der Waals surface area contributed by atoms with Crippen LogP contribution in [0.15, 0.2) is 18.2 Å². The van der Waals surface area contributed by atoms with Crippen LogP contribution in [-0.4, -0.2) is 20.3 Å². The van der Waals surface area contributed by atoms with Crippen LogP contribution >= 0.6 is 0 Å². The van der Waals surface area contributed by atoms with Crippen LogP contribution in [-0.2, 0) is 4.74 Å². The minimum atomic E-state index is -0.434. The SMILES string of the molecule is CCOCC(N)c1ccc(OC)cc1F. The number of ether oxygens (including phenoxy) is 2. The average Bonchev–Trinajstić information content (AvgIpc) is 2.25. The molecule has 3 nitrogen and oxygen atoms in total. The van der Waals surface area contributed by atoms with Crippen molar-refractivity contribution in [3.8, 4) is 5.75 Å². The van der Waals surface area contributed by atoms with Crippen molar-refractivity contribution in [1.29, 1.82) is 0 Å². The molecule has 1 unspecified atom stereocenters. The highest BCUT2D eigenvalue weighted by molar-refractivity contribution is 5.30. The molecular weight excluding hydrogens is 197 g/mol. The lowest BCUT2D eigenvalue weighted by Gasteiger charge is -2.13. The van der Waals surface area contributed by atoms with Crippen LogP contribution in [0.2, 0.25) is 0 Å². The van der Waals surface area contributed by atoms with Gasteiger partial charge in [-0.05, 0) is 13.0 Å². The third-order valence-electron chi connectivity index (χ3n) is 2.11. The Kier molecular flexibility index (Phi) is 4.52. The molecule has 0 aliphatic heterocycles. The van der Waals surface area contributed by atoms with Crippen LogP contribution in [0.5, 0.6) is 5.75 Å². The fraction of sp³-hybridized carbons (Fsp3) is 0.455. The first-order valence-corrected chi connectivity index (χ1v) is 4.85. The molecule has 84 valence electrons. The number of rotatable bonds is 5. The van der Waals surface area contributed by atoms with Gasteiger partial charge in [-0.2, -0.15) is 0 Å². The fourth-order valence-electron chi connectivity index (χ4n) is 1.27. The van der Waals surface area contributed by atoms with Crippen molar-refractivity contribution in [1.82, 2.24) is 0 Å². The van der Waals surface area contributed by atoms with E-state index in [0.29, 0.717) is 24.5 Å². The van der Waals surface area contributed by atoms with Gasteiger partial charge in [0.25, 0.3) is 0 Å². The van der Waals surface area contributed by atoms with E-state index in [1.807, 2.05) is 6.92 Å². The molecular formula is C11H16FNO2. The first-order valence-electron chi connectivity index (χ1n) is 4.85. The van der Waals surface area contributed by atoms with Crippen molar-refractivity contribution < 1.29 is 13.9 Å². The molecule has 0 amide bonds. The summed E-state index contributed by atoms with van der Waals surface area (Å²) in [6.45, 7) is 2.77. The second-order valence-electron chi connectivity index (χ2n) is 3.15. The number of halogens is 1. The highest BCUT2D eigenvalue weighted by Crippen LogP contribution is 2.20. The van der Waals surface area contributed by atoms with Crippen LogP contribution in [0.25, 0.3) is 0 Å². The molecule has 1 aromatic carbocycles. The number of hydrogen-bond acceptors (Lipinski definition) is 3. The highest BCUT2D eigenvalue weighted by atomic mass is 19.1. The van der Waals surface area contributed by atoms with E-state index < -0.39 is 6.04 Å². The quantitative estimate of drug-likeness (QED) is 0.812. The molecule has 0 radical (unpaired) electrons. The number of benzene rings is 1. The zero-order valence-corrected chi connectivity index (χ0v) is 9.00. The molecule has 0 fully saturated rings. The molecule has 0 aliphatic carbocycles. The Morgan fingerprint density at radius 3 is 2.73 bits per heavy atom. The topological polar surface area (TPSA) is 44.5 Å². The van der Waals surface area contributed by atoms with Gasteiger partial charge in [-0.1, -0.05) is 6.07 Å². The molecule has 1 rings (SSSR count). The van der Waals surface area contributed by atoms with Gasteiger partial charge in [0.1, 0.15) is 11.6 Å². The molecule has 0 spiro atoms. The summed E-state index contributed by atoms with van der Waals surface area (Å²) in [4.78, 5) is 0. The number of hydrogen-bond donors (Lipinski definition) is 1. The molecule has 0 aliphatic rings. The zero-order valence-electron chi connectivity index (χ0n) is 9.00. The Bertz CT molecular complexity index is 317. The highest BCUT2D eigenvalue weighted by Gasteiger charge is 2.11. The predicted molar refractivity (Wildman–Crippen MR) is 56.4 cm³/mol. The summed E-state index contributed by atoms with van der Waals surface area (Å²) in [5.74, 6) is 0.126. The van der Waals surface area contributed by atoms with Gasteiger partial charge in [0.15, 0.2) is 0 Å². The minimum absolute atomic E-state index is 0.319. The summed E-state index contributed by atoms with van der Waals surface area (Å²) in [7, 11) is 1.49. The Morgan fingerprint density at radius 2 is 2.20 bits per heavy atom. The molecule has 0 saturated carbocycles. The second kappa shape index (κ2) is 5.68. The normalized spacial score (nSPS) is 12.5. The monoisotopic (exact) mass is 213 g/mol. The van der Waals surface area contributed by atoms with Crippen molar-refractivity contribution in [2.75, 3.05) is 20.3 Å². The standard InChI is InChI=1S/C11H16FNO2/c1-3-15-7-11(13)9-5-4-8(14-2)6-10(9)12/h4-6,11H,3,7,13H2,1-2H3. The van der Waals surface area contributed by atoms with Gasteiger partial charge in [0.05, 0.1) is 19.8 Å². The summed E-state index contributed by atoms with van der Waals surface area (Å²) in [5, 5.41) is 0. The van der Waals surface area contributed by atoms with E-state index in [-0.39, 0.29) is 5.82 Å². The summed E-state index contributed by atoms with van der Waals surface area (Å²) in [5.41, 5.74) is 6.22. The summed E-state index contributed by atoms with van der Waals surface area (Å²) < 4.78 is 23.5. The van der Waals surface area contributed by atoms with E-state index in [1.54, 1.807) is 12.1 Å². The zero-order chi connectivity index (χ0) is 11.3. The molecule has 1 atom stereocenters. The van der Waals surface area contributed by atoms with E-state index in [1.165, 1.54) is 13.2 Å². The maximum Gasteiger partial charge on any atom is 0.131 e. The van der Waals surface area contributed by atoms with Gasteiger partial charge >= 0.3 is 0 Å². The maximum atomic E-state index is 13.5. The van der Waals surface area contributed by atoms with Gasteiger partial charge in [0, 0.05) is 18.2 Å². The van der Waals surface area contributed by atoms with Crippen LogP contribution in [0.1, 0.15) is 18.5 Å². The molecule has 1 aromatic rings. The summed E-state index contributed by atoms with van der Waals surface area (Å²) in [6, 6.07) is 4.19. The second-order valence-corrected chi connectivity index (χ2v) is 3.15. The lowest BCUT2D eigenvalue weighted by atomic mass is 10.1. The minimum Gasteiger partial charge on any atom is -0.497 e. The van der Waals surface area contributed by atoms with Crippen molar-refractivity contribution in [3.05, 3.63) is 29.6 Å². The first-order chi connectivity index (χ1) is 7.19. The summed E-state index contributed by atoms with van der Waals surface area (Å²) in [6.07, 6.45) is 0. The van der Waals surface area contributed by atoms with Crippen molar-refractivity contribution in [2.24, 2.45) is 5.73 Å². The van der Waals surface area contributed by atoms with Gasteiger partial charge < -0.3 is 15.2 Å². The largest absolute Gasteiger partial charge is 0.497 e. The number of methoxy groups -OCH3 is 1. The average molecular weight is 213 g/mol. The fourth-order valence-corrected chi connectivity index (χ4v) is 1.27. The van der Waals surface area contributed by atoms with Gasteiger partial charge in [0.2, 0.25) is 0 Å². The van der Waals surface area contributed by atoms with E-state index in [4.69, 9.17) is 15.2 Å². The molecule has 0 bridgehead atoms. The van der Waals surface area contributed by atoms with E-state index in [9.17, 15) is 4.39 Å². The third kappa shape index (κ3) is 3.18. The van der Waals surface area contributed by atoms with Crippen LogP contribution < -0.4 is 10.5 Å². The van der Waals surface area contributed by atoms with Crippen LogP contribution in [0.4, 0.5) is 4.39 Å². The van der Waals surface area contributed by atoms with Gasteiger partial charge in [-0.3, -0.25) is 0 Å². The smallest absolute Gasteiger partial charge is 0.131 e. The molecule has 0 heterocycles. The lowest BCUT2D eigenvalue weighted by molar-refractivity contribution is 0.132. The molecule has 4 heteroatoms. The molecule has 15 heavy (non-hydrogen) atoms. The maximum absolute atomic E-state index is 13.5. The summed E-state index contributed by atoms with van der Waals surface area (Å²) >= 11 is 0. The molecule has 0 saturated heterocycles. The Hall–Kier alpha value is -1.13. The lowest BCUT2D eigenvalue weighted by Crippen LogP contribution is -2.18. The van der Waals surface area contributed by atoms with E-state index in [2.05, 4.69) is 0 Å². The van der Waals surface area contributed by atoms with E-state index in [0.717, 1.165) is 0 Å². The Balaban J connectivity index is 2.76. The first kappa shape index (κ1) is 11.9. The molecule has 0 aromatic heterocycles. The van der Waals surface area contributed by atoms with Gasteiger partial charge in [-0.25, -0.2) is 4.39 Å². The van der Waals surface area contributed by atoms with Crippen molar-refractivity contribution in [3.63, 3.8) is 0 Å². The van der Waals surface area contributed by atoms with E-state index >= 15 is 0 Å². The molecule has 2 N–H and O–H groups in total. The van der Waals surface area contributed by atoms with Gasteiger partial charge in [-0.15, -0.1) is 0 Å². The third-order valence-corrected chi connectivity index (χ3v) is 2.11. The Labute approximate surface area is 89.0 Å². The van der Waals surface area contributed by atoms with Crippen molar-refractivity contribution >= 4 is 0 Å². The van der Waals surface area contributed by atoms with Crippen LogP contribution in [0.3, 0.4) is 0 Å². The Morgan fingerprint density at radius 1 is 1.47 bits per heavy atom. The number of nitrogens with two attached hydrogens (primary N) is 1. The van der Waals surface area contributed by atoms with Crippen molar-refractivity contribution in [2.45, 2.75) is 13.0 Å². The van der Waals surface area contributed by atoms with Crippen LogP contribution in [0, 0.1) is 5.82 Å².